The number of ether oxygens (including phenoxy) is 3. The highest BCUT2D eigenvalue weighted by Gasteiger charge is 2.21. The molecule has 0 saturated carbocycles. The van der Waals surface area contributed by atoms with Crippen molar-refractivity contribution in [3.63, 3.8) is 0 Å². The van der Waals surface area contributed by atoms with Crippen LogP contribution in [0, 0.1) is 5.82 Å². The highest BCUT2D eigenvalue weighted by molar-refractivity contribution is 5.44. The van der Waals surface area contributed by atoms with Crippen molar-refractivity contribution >= 4 is 0 Å². The number of piperazine rings is 1. The van der Waals surface area contributed by atoms with Crippen molar-refractivity contribution in [2.24, 2.45) is 0 Å². The highest BCUT2D eigenvalue weighted by atomic mass is 19.1. The van der Waals surface area contributed by atoms with E-state index in [9.17, 15) is 4.39 Å². The van der Waals surface area contributed by atoms with E-state index in [1.54, 1.807) is 6.07 Å². The summed E-state index contributed by atoms with van der Waals surface area (Å²) < 4.78 is 30.8. The number of benzene rings is 3. The monoisotopic (exact) mass is 448 g/mol. The minimum atomic E-state index is -0.280. The van der Waals surface area contributed by atoms with Gasteiger partial charge in [-0.25, -0.2) is 4.39 Å². The quantitative estimate of drug-likeness (QED) is 0.491. The van der Waals surface area contributed by atoms with E-state index in [0.717, 1.165) is 62.8 Å². The van der Waals surface area contributed by atoms with Gasteiger partial charge in [-0.2, -0.15) is 0 Å². The molecule has 0 bridgehead atoms. The lowest BCUT2D eigenvalue weighted by Gasteiger charge is -2.35. The molecule has 3 aromatic rings. The van der Waals surface area contributed by atoms with Crippen LogP contribution in [-0.4, -0.2) is 49.3 Å². The minimum Gasteiger partial charge on any atom is -0.486 e. The van der Waals surface area contributed by atoms with Crippen LogP contribution in [0.2, 0.25) is 0 Å². The van der Waals surface area contributed by atoms with Gasteiger partial charge in [0.2, 0.25) is 6.79 Å². The molecule has 0 aliphatic carbocycles. The molecule has 33 heavy (non-hydrogen) atoms. The van der Waals surface area contributed by atoms with Crippen molar-refractivity contribution < 1.29 is 18.6 Å². The van der Waals surface area contributed by atoms with Gasteiger partial charge in [0.15, 0.2) is 11.5 Å². The Labute approximate surface area is 194 Å². The van der Waals surface area contributed by atoms with Crippen LogP contribution in [-0.2, 0) is 6.54 Å². The minimum absolute atomic E-state index is 0.111. The molecule has 1 atom stereocenters. The first-order chi connectivity index (χ1) is 16.2. The summed E-state index contributed by atoms with van der Waals surface area (Å²) in [6, 6.07) is 22.8. The molecule has 1 saturated heterocycles. The number of fused-ring (bicyclic) bond motifs is 1. The molecular formula is C27H29FN2O3. The lowest BCUT2D eigenvalue weighted by molar-refractivity contribution is 0.106. The van der Waals surface area contributed by atoms with Crippen LogP contribution in [0.25, 0.3) is 0 Å². The molecule has 0 N–H and O–H groups in total. The molecule has 0 aromatic heterocycles. The molecule has 1 fully saturated rings. The van der Waals surface area contributed by atoms with Crippen molar-refractivity contribution in [3.8, 4) is 17.2 Å². The predicted octanol–water partition coefficient (Wildman–Crippen LogP) is 4.88. The lowest BCUT2D eigenvalue weighted by Crippen LogP contribution is -2.46. The summed E-state index contributed by atoms with van der Waals surface area (Å²) in [7, 11) is 0. The number of nitrogens with zero attached hydrogens (tertiary/aromatic N) is 2. The van der Waals surface area contributed by atoms with E-state index in [4.69, 9.17) is 14.2 Å². The second-order valence-electron chi connectivity index (χ2n) is 8.57. The van der Waals surface area contributed by atoms with Gasteiger partial charge in [0.05, 0.1) is 0 Å². The van der Waals surface area contributed by atoms with Crippen LogP contribution < -0.4 is 14.2 Å². The Kier molecular flexibility index (Phi) is 6.74. The largest absolute Gasteiger partial charge is 0.486 e. The topological polar surface area (TPSA) is 34.2 Å². The van der Waals surface area contributed by atoms with Crippen LogP contribution >= 0.6 is 0 Å². The maximum atomic E-state index is 13.6. The highest BCUT2D eigenvalue weighted by Crippen LogP contribution is 2.33. The van der Waals surface area contributed by atoms with Gasteiger partial charge in [-0.1, -0.05) is 42.5 Å². The molecule has 2 aliphatic rings. The van der Waals surface area contributed by atoms with E-state index in [1.807, 2.05) is 30.3 Å². The van der Waals surface area contributed by atoms with Gasteiger partial charge in [-0.3, -0.25) is 4.90 Å². The second-order valence-corrected chi connectivity index (χ2v) is 8.57. The molecule has 0 radical (unpaired) electrons. The van der Waals surface area contributed by atoms with E-state index < -0.39 is 0 Å². The third kappa shape index (κ3) is 5.64. The first kappa shape index (κ1) is 21.7. The van der Waals surface area contributed by atoms with Crippen LogP contribution in [0.4, 0.5) is 4.39 Å². The molecular weight excluding hydrogens is 419 g/mol. The van der Waals surface area contributed by atoms with E-state index in [2.05, 4.69) is 34.1 Å². The van der Waals surface area contributed by atoms with Crippen molar-refractivity contribution in [1.29, 1.82) is 0 Å². The maximum Gasteiger partial charge on any atom is 0.231 e. The smallest absolute Gasteiger partial charge is 0.231 e. The summed E-state index contributed by atoms with van der Waals surface area (Å²) in [4.78, 5) is 4.97. The molecule has 172 valence electrons. The Morgan fingerprint density at radius 2 is 1.61 bits per heavy atom. The normalized spacial score (nSPS) is 17.1. The maximum absolute atomic E-state index is 13.6. The van der Waals surface area contributed by atoms with E-state index in [0.29, 0.717) is 12.5 Å². The Morgan fingerprint density at radius 3 is 2.42 bits per heavy atom. The Bertz CT molecular complexity index is 1050. The van der Waals surface area contributed by atoms with Crippen LogP contribution in [0.15, 0.2) is 72.8 Å². The first-order valence-electron chi connectivity index (χ1n) is 11.5. The molecule has 6 heteroatoms. The summed E-state index contributed by atoms with van der Waals surface area (Å²) in [6.07, 6.45) is 0.738. The van der Waals surface area contributed by atoms with Crippen molar-refractivity contribution in [1.82, 2.24) is 9.80 Å². The summed E-state index contributed by atoms with van der Waals surface area (Å²) >= 11 is 0. The molecule has 3 aromatic carbocycles. The summed E-state index contributed by atoms with van der Waals surface area (Å²) in [5, 5.41) is 0. The van der Waals surface area contributed by atoms with Crippen LogP contribution in [0.3, 0.4) is 0 Å². The second kappa shape index (κ2) is 10.2. The zero-order chi connectivity index (χ0) is 22.5. The summed E-state index contributed by atoms with van der Waals surface area (Å²) in [5.41, 5.74) is 2.36. The Morgan fingerprint density at radius 1 is 0.818 bits per heavy atom. The van der Waals surface area contributed by atoms with Crippen molar-refractivity contribution in [2.75, 3.05) is 39.5 Å². The number of halogens is 1. The van der Waals surface area contributed by atoms with Crippen LogP contribution in [0.1, 0.15) is 23.7 Å². The SMILES string of the molecule is Fc1cccc(OC(CCN2CCN(Cc3ccc4c(c3)OCO4)CC2)c2ccccc2)c1. The van der Waals surface area contributed by atoms with E-state index in [-0.39, 0.29) is 11.9 Å². The molecule has 2 heterocycles. The molecule has 0 spiro atoms. The van der Waals surface area contributed by atoms with Gasteiger partial charge in [-0.05, 0) is 35.4 Å². The van der Waals surface area contributed by atoms with Crippen molar-refractivity contribution in [3.05, 3.63) is 89.7 Å². The van der Waals surface area contributed by atoms with Gasteiger partial charge in [-0.15, -0.1) is 0 Å². The van der Waals surface area contributed by atoms with Crippen molar-refractivity contribution in [2.45, 2.75) is 19.1 Å². The third-order valence-electron chi connectivity index (χ3n) is 6.26. The zero-order valence-electron chi connectivity index (χ0n) is 18.7. The fourth-order valence-electron chi connectivity index (χ4n) is 4.43. The zero-order valence-corrected chi connectivity index (χ0v) is 18.7. The fraction of sp³-hybridized carbons (Fsp3) is 0.333. The molecule has 5 nitrogen and oxygen atoms in total. The molecule has 1 unspecified atom stereocenters. The standard InChI is InChI=1S/C27H29FN2O3/c28-23-7-4-8-24(18-23)33-25(22-5-2-1-3-6-22)11-12-29-13-15-30(16-14-29)19-21-9-10-26-27(17-21)32-20-31-26/h1-10,17-18,25H,11-16,19-20H2. The Balaban J connectivity index is 1.14. The first-order valence-corrected chi connectivity index (χ1v) is 11.5. The van der Waals surface area contributed by atoms with Gasteiger partial charge < -0.3 is 19.1 Å². The fourth-order valence-corrected chi connectivity index (χ4v) is 4.43. The van der Waals surface area contributed by atoms with E-state index >= 15 is 0 Å². The van der Waals surface area contributed by atoms with Gasteiger partial charge in [0.25, 0.3) is 0 Å². The molecule has 5 rings (SSSR count). The van der Waals surface area contributed by atoms with Gasteiger partial charge in [0, 0.05) is 51.8 Å². The van der Waals surface area contributed by atoms with Gasteiger partial charge in [0.1, 0.15) is 17.7 Å². The molecule has 2 aliphatic heterocycles. The Hall–Kier alpha value is -3.09. The van der Waals surface area contributed by atoms with Crippen LogP contribution in [0.5, 0.6) is 17.2 Å². The average Bonchev–Trinajstić information content (AvgIpc) is 3.31. The molecule has 0 amide bonds. The van der Waals surface area contributed by atoms with E-state index in [1.165, 1.54) is 17.7 Å². The van der Waals surface area contributed by atoms with Gasteiger partial charge >= 0.3 is 0 Å². The summed E-state index contributed by atoms with van der Waals surface area (Å²) in [6.45, 7) is 6.25. The third-order valence-corrected chi connectivity index (χ3v) is 6.26. The number of hydrogen-bond donors (Lipinski definition) is 0. The number of rotatable bonds is 8. The number of hydrogen-bond acceptors (Lipinski definition) is 5. The summed E-state index contributed by atoms with van der Waals surface area (Å²) in [5.74, 6) is 1.96. The predicted molar refractivity (Wildman–Crippen MR) is 125 cm³/mol. The average molecular weight is 449 g/mol. The lowest BCUT2D eigenvalue weighted by atomic mass is 10.1.